The average Bonchev–Trinajstić information content (AvgIpc) is 2.95. The van der Waals surface area contributed by atoms with E-state index < -0.39 is 0 Å². The topological polar surface area (TPSA) is 94.5 Å². The molecule has 3 rings (SSSR count). The number of anilines is 3. The fourth-order valence-electron chi connectivity index (χ4n) is 1.81. The number of halogens is 1. The van der Waals surface area contributed by atoms with Crippen molar-refractivity contribution in [3.63, 3.8) is 0 Å². The maximum Gasteiger partial charge on any atom is 0.257 e. The third-order valence-electron chi connectivity index (χ3n) is 2.79. The summed E-state index contributed by atoms with van der Waals surface area (Å²) in [6, 6.07) is 6.13. The summed E-state index contributed by atoms with van der Waals surface area (Å²) in [4.78, 5) is 12.3. The van der Waals surface area contributed by atoms with Gasteiger partial charge in [0.25, 0.3) is 5.95 Å². The molecule has 0 amide bonds. The minimum absolute atomic E-state index is 0.0674. The number of nitrogens with two attached hydrogens (primary N) is 1. The first-order chi connectivity index (χ1) is 10.1. The molecule has 7 nitrogen and oxygen atoms in total. The van der Waals surface area contributed by atoms with Crippen molar-refractivity contribution >= 4 is 17.6 Å². The molecule has 3 aromatic rings. The van der Waals surface area contributed by atoms with E-state index >= 15 is 0 Å². The highest BCUT2D eigenvalue weighted by atomic mass is 19.1. The minimum atomic E-state index is -0.301. The van der Waals surface area contributed by atoms with Gasteiger partial charge < -0.3 is 11.1 Å². The molecule has 8 heteroatoms. The maximum absolute atomic E-state index is 13.1. The molecule has 0 aliphatic heterocycles. The Labute approximate surface area is 119 Å². The van der Waals surface area contributed by atoms with Crippen LogP contribution >= 0.6 is 0 Å². The van der Waals surface area contributed by atoms with Crippen molar-refractivity contribution in [1.82, 2.24) is 24.7 Å². The molecular formula is C13H12FN7. The predicted molar refractivity (Wildman–Crippen MR) is 75.8 cm³/mol. The van der Waals surface area contributed by atoms with Gasteiger partial charge in [0.05, 0.1) is 0 Å². The van der Waals surface area contributed by atoms with Gasteiger partial charge in [-0.1, -0.05) is 0 Å². The zero-order valence-corrected chi connectivity index (χ0v) is 11.2. The number of hydrogen-bond donors (Lipinski definition) is 2. The number of nitrogens with zero attached hydrogens (tertiary/aromatic N) is 5. The highest BCUT2D eigenvalue weighted by Crippen LogP contribution is 2.19. The maximum atomic E-state index is 13.1. The van der Waals surface area contributed by atoms with Gasteiger partial charge in [-0.05, 0) is 36.8 Å². The molecular weight excluding hydrogens is 273 g/mol. The number of aryl methyl sites for hydroxylation is 1. The molecule has 0 aliphatic rings. The van der Waals surface area contributed by atoms with Crippen molar-refractivity contribution in [3.8, 4) is 5.95 Å². The molecule has 106 valence electrons. The summed E-state index contributed by atoms with van der Waals surface area (Å²) >= 11 is 0. The van der Waals surface area contributed by atoms with Gasteiger partial charge >= 0.3 is 0 Å². The van der Waals surface area contributed by atoms with E-state index in [1.807, 2.05) is 0 Å². The van der Waals surface area contributed by atoms with Gasteiger partial charge in [0.15, 0.2) is 0 Å². The molecule has 3 N–H and O–H groups in total. The van der Waals surface area contributed by atoms with Gasteiger partial charge in [0.2, 0.25) is 11.9 Å². The van der Waals surface area contributed by atoms with E-state index in [-0.39, 0.29) is 17.7 Å². The normalized spacial score (nSPS) is 10.6. The molecule has 0 atom stereocenters. The van der Waals surface area contributed by atoms with Crippen LogP contribution in [-0.2, 0) is 0 Å². The van der Waals surface area contributed by atoms with Crippen molar-refractivity contribution in [1.29, 1.82) is 0 Å². The van der Waals surface area contributed by atoms with Crippen molar-refractivity contribution in [2.75, 3.05) is 11.1 Å². The third kappa shape index (κ3) is 2.78. The summed E-state index contributed by atoms with van der Waals surface area (Å²) in [6.07, 6.45) is 3.30. The number of hydrogen-bond acceptors (Lipinski definition) is 6. The number of aromatic nitrogens is 5. The Kier molecular flexibility index (Phi) is 3.19. The zero-order valence-electron chi connectivity index (χ0n) is 11.2. The highest BCUT2D eigenvalue weighted by molar-refractivity contribution is 5.58. The average molecular weight is 285 g/mol. The lowest BCUT2D eigenvalue weighted by molar-refractivity contribution is 0.627. The van der Waals surface area contributed by atoms with Gasteiger partial charge in [-0.15, -0.1) is 0 Å². The summed E-state index contributed by atoms with van der Waals surface area (Å²) in [7, 11) is 0. The number of benzene rings is 1. The SMILES string of the molecule is Cc1cc(F)ccc1Nc1nc(N)nc(-n2cccn2)n1. The first-order valence-electron chi connectivity index (χ1n) is 6.16. The molecule has 0 radical (unpaired) electrons. The van der Waals surface area contributed by atoms with Crippen LogP contribution in [0.15, 0.2) is 36.7 Å². The van der Waals surface area contributed by atoms with Crippen LogP contribution in [0.5, 0.6) is 0 Å². The Bertz CT molecular complexity index is 770. The summed E-state index contributed by atoms with van der Waals surface area (Å²) in [5.41, 5.74) is 7.10. The van der Waals surface area contributed by atoms with Gasteiger partial charge in [-0.3, -0.25) is 0 Å². The molecule has 2 aromatic heterocycles. The van der Waals surface area contributed by atoms with Crippen LogP contribution < -0.4 is 11.1 Å². The Morgan fingerprint density at radius 2 is 2.10 bits per heavy atom. The van der Waals surface area contributed by atoms with Gasteiger partial charge in [-0.2, -0.15) is 20.1 Å². The smallest absolute Gasteiger partial charge is 0.257 e. The standard InChI is InChI=1S/C13H12FN7/c1-8-7-9(14)3-4-10(8)17-12-18-11(15)19-13(20-12)21-6-2-5-16-21/h2-7H,1H3,(H3,15,17,18,19,20). The molecule has 1 aromatic carbocycles. The van der Waals surface area contributed by atoms with Crippen molar-refractivity contribution in [2.45, 2.75) is 6.92 Å². The van der Waals surface area contributed by atoms with Crippen LogP contribution in [0.3, 0.4) is 0 Å². The Balaban J connectivity index is 1.95. The predicted octanol–water partition coefficient (Wildman–Crippen LogP) is 1.83. The Morgan fingerprint density at radius 1 is 1.24 bits per heavy atom. The van der Waals surface area contributed by atoms with E-state index in [1.54, 1.807) is 31.5 Å². The molecule has 0 aliphatic carbocycles. The molecule has 0 spiro atoms. The summed E-state index contributed by atoms with van der Waals surface area (Å²) in [5, 5.41) is 7.03. The largest absolute Gasteiger partial charge is 0.368 e. The van der Waals surface area contributed by atoms with E-state index in [0.717, 1.165) is 5.56 Å². The second kappa shape index (κ2) is 5.16. The first-order valence-corrected chi connectivity index (χ1v) is 6.16. The fraction of sp³-hybridized carbons (Fsp3) is 0.0769. The van der Waals surface area contributed by atoms with Gasteiger partial charge in [0.1, 0.15) is 5.82 Å². The number of nitrogens with one attached hydrogen (secondary N) is 1. The number of rotatable bonds is 3. The molecule has 0 saturated carbocycles. The second-order valence-electron chi connectivity index (χ2n) is 4.35. The van der Waals surface area contributed by atoms with E-state index in [0.29, 0.717) is 11.6 Å². The molecule has 0 bridgehead atoms. The van der Waals surface area contributed by atoms with Crippen molar-refractivity contribution in [3.05, 3.63) is 48.0 Å². The second-order valence-corrected chi connectivity index (χ2v) is 4.35. The lowest BCUT2D eigenvalue weighted by Crippen LogP contribution is -2.09. The van der Waals surface area contributed by atoms with Crippen molar-refractivity contribution in [2.24, 2.45) is 0 Å². The lowest BCUT2D eigenvalue weighted by Gasteiger charge is -2.09. The van der Waals surface area contributed by atoms with Crippen LogP contribution in [0.1, 0.15) is 5.56 Å². The van der Waals surface area contributed by atoms with Crippen LogP contribution in [0.25, 0.3) is 5.95 Å². The Hall–Kier alpha value is -3.03. The van der Waals surface area contributed by atoms with Crippen LogP contribution in [-0.4, -0.2) is 24.7 Å². The minimum Gasteiger partial charge on any atom is -0.368 e. The van der Waals surface area contributed by atoms with E-state index in [1.165, 1.54) is 16.8 Å². The third-order valence-corrected chi connectivity index (χ3v) is 2.79. The highest BCUT2D eigenvalue weighted by Gasteiger charge is 2.08. The van der Waals surface area contributed by atoms with E-state index in [4.69, 9.17) is 5.73 Å². The van der Waals surface area contributed by atoms with Gasteiger partial charge in [0, 0.05) is 18.1 Å². The molecule has 0 saturated heterocycles. The molecule has 21 heavy (non-hydrogen) atoms. The zero-order chi connectivity index (χ0) is 14.8. The molecule has 0 fully saturated rings. The van der Waals surface area contributed by atoms with Crippen molar-refractivity contribution < 1.29 is 4.39 Å². The quantitative estimate of drug-likeness (QED) is 0.762. The summed E-state index contributed by atoms with van der Waals surface area (Å²) < 4.78 is 14.6. The fourth-order valence-corrected chi connectivity index (χ4v) is 1.81. The first kappa shape index (κ1) is 13.0. The Morgan fingerprint density at radius 3 is 2.81 bits per heavy atom. The lowest BCUT2D eigenvalue weighted by atomic mass is 10.2. The summed E-state index contributed by atoms with van der Waals surface area (Å²) in [5.74, 6) is 0.334. The summed E-state index contributed by atoms with van der Waals surface area (Å²) in [6.45, 7) is 1.78. The van der Waals surface area contributed by atoms with Crippen LogP contribution in [0, 0.1) is 12.7 Å². The van der Waals surface area contributed by atoms with Gasteiger partial charge in [-0.25, -0.2) is 9.07 Å². The van der Waals surface area contributed by atoms with Crippen LogP contribution in [0.4, 0.5) is 22.0 Å². The van der Waals surface area contributed by atoms with E-state index in [9.17, 15) is 4.39 Å². The van der Waals surface area contributed by atoms with E-state index in [2.05, 4.69) is 25.4 Å². The monoisotopic (exact) mass is 285 g/mol. The molecule has 0 unspecified atom stereocenters. The molecule has 2 heterocycles. The number of nitrogen functional groups attached to an aromatic ring is 1. The van der Waals surface area contributed by atoms with Crippen LogP contribution in [0.2, 0.25) is 0 Å².